The van der Waals surface area contributed by atoms with Crippen LogP contribution in [0.4, 0.5) is 0 Å². The maximum Gasteiger partial charge on any atom is 0.308 e. The predicted octanol–water partition coefficient (Wildman–Crippen LogP) is 3.59. The second-order valence-corrected chi connectivity index (χ2v) is 18.5. The molecule has 0 radical (unpaired) electrons. The highest BCUT2D eigenvalue weighted by molar-refractivity contribution is 5.70. The molecular formula is C42H60O13. The summed E-state index contributed by atoms with van der Waals surface area (Å²) in [6, 6.07) is 0. The number of fused-ring (bicyclic) bond motifs is 7. The van der Waals surface area contributed by atoms with E-state index in [0.29, 0.717) is 38.5 Å². The number of hydrogen-bond acceptors (Lipinski definition) is 13. The van der Waals surface area contributed by atoms with E-state index in [2.05, 4.69) is 20.1 Å². The number of carbonyl (C=O) groups is 1. The van der Waals surface area contributed by atoms with Gasteiger partial charge in [-0.25, -0.2) is 0 Å². The number of esters is 1. The van der Waals surface area contributed by atoms with Crippen molar-refractivity contribution < 1.29 is 62.4 Å². The largest absolute Gasteiger partial charge is 0.459 e. The number of ether oxygens (including phenoxy) is 10. The smallest absolute Gasteiger partial charge is 0.308 e. The summed E-state index contributed by atoms with van der Waals surface area (Å²) < 4.78 is 66.9. The average molecular weight is 773 g/mol. The summed E-state index contributed by atoms with van der Waals surface area (Å²) in [7, 11) is 0. The van der Waals surface area contributed by atoms with Gasteiger partial charge in [0, 0.05) is 38.2 Å². The van der Waals surface area contributed by atoms with Crippen LogP contribution in [0.25, 0.3) is 0 Å². The first-order chi connectivity index (χ1) is 26.5. The van der Waals surface area contributed by atoms with Crippen molar-refractivity contribution in [3.05, 3.63) is 24.3 Å². The van der Waals surface area contributed by atoms with E-state index in [1.165, 1.54) is 0 Å². The fraction of sp³-hybridized carbons (Fsp3) is 0.881. The van der Waals surface area contributed by atoms with E-state index in [9.17, 15) is 15.0 Å². The summed E-state index contributed by atoms with van der Waals surface area (Å²) in [4.78, 5) is 14.0. The third kappa shape index (κ3) is 6.79. The van der Waals surface area contributed by atoms with Gasteiger partial charge in [-0.2, -0.15) is 0 Å². The average Bonchev–Trinajstić information content (AvgIpc) is 3.74. The Morgan fingerprint density at radius 1 is 0.673 bits per heavy atom. The Balaban J connectivity index is 0.934. The quantitative estimate of drug-likeness (QED) is 0.312. The van der Waals surface area contributed by atoms with Crippen molar-refractivity contribution in [3.63, 3.8) is 0 Å². The van der Waals surface area contributed by atoms with Crippen molar-refractivity contribution in [2.45, 2.75) is 213 Å². The van der Waals surface area contributed by atoms with Crippen LogP contribution in [0.1, 0.15) is 97.3 Å². The van der Waals surface area contributed by atoms with Gasteiger partial charge in [0.05, 0.1) is 79.7 Å². The van der Waals surface area contributed by atoms with Crippen molar-refractivity contribution >= 4 is 5.97 Å². The third-order valence-electron chi connectivity index (χ3n) is 14.8. The van der Waals surface area contributed by atoms with Gasteiger partial charge in [0.1, 0.15) is 36.6 Å². The second kappa shape index (κ2) is 14.7. The minimum Gasteiger partial charge on any atom is -0.459 e. The van der Waals surface area contributed by atoms with Gasteiger partial charge in [-0.15, -0.1) is 0 Å². The molecule has 0 aliphatic carbocycles. The molecule has 0 aromatic rings. The number of carbonyl (C=O) groups excluding carboxylic acids is 1. The summed E-state index contributed by atoms with van der Waals surface area (Å²) in [6.45, 7) is 13.1. The Morgan fingerprint density at radius 3 is 2.27 bits per heavy atom. The highest BCUT2D eigenvalue weighted by Gasteiger charge is 2.69. The minimum atomic E-state index is -0.808. The molecule has 306 valence electrons. The Bertz CT molecular complexity index is 1490. The minimum absolute atomic E-state index is 0.00281. The molecule has 11 aliphatic rings. The van der Waals surface area contributed by atoms with Gasteiger partial charge < -0.3 is 57.6 Å². The lowest BCUT2D eigenvalue weighted by molar-refractivity contribution is -0.293. The first-order valence-electron chi connectivity index (χ1n) is 21.3. The molecule has 55 heavy (non-hydrogen) atoms. The Hall–Kier alpha value is -1.49. The molecule has 11 heterocycles. The molecule has 11 rings (SSSR count). The van der Waals surface area contributed by atoms with Crippen LogP contribution in [-0.2, 0) is 52.2 Å². The molecule has 14 unspecified atom stereocenters. The van der Waals surface area contributed by atoms with E-state index in [-0.39, 0.29) is 98.0 Å². The van der Waals surface area contributed by atoms with Gasteiger partial charge in [0.2, 0.25) is 0 Å². The normalized spacial score (nSPS) is 54.9. The molecular weight excluding hydrogens is 712 g/mol. The predicted molar refractivity (Wildman–Crippen MR) is 193 cm³/mol. The standard InChI is InChI=1S/C42H60O13/c1-19-13-23-5-7-27-20(2)14-25(46-27)9-11-42-18-33-38(54-42)39-40(52-33)41(55-42)37-29(51-39)8-6-24(48-37)15-34(45)53-36-22(4)35-31(16-26(44)28(50-35)10-12-43)49-32(36)17-30(47-23)21(19)3/h19,22-33,35-41,43-44H,2-3,5-18H2,1,4H3/t19?,22-,23?,24?,25?,26?,27-,28?,29?,30?,31?,32-,33+,35?,36?,37-,38?,39-,40?,41?,42-/m0/s1. The lowest BCUT2D eigenvalue weighted by Gasteiger charge is -2.51. The van der Waals surface area contributed by atoms with Crippen LogP contribution in [0, 0.1) is 11.8 Å². The van der Waals surface area contributed by atoms with E-state index >= 15 is 0 Å². The van der Waals surface area contributed by atoms with Crippen LogP contribution >= 0.6 is 0 Å². The molecule has 0 aromatic heterocycles. The summed E-state index contributed by atoms with van der Waals surface area (Å²) in [5.74, 6) is -1.18. The van der Waals surface area contributed by atoms with Gasteiger partial charge in [0.15, 0.2) is 5.79 Å². The van der Waals surface area contributed by atoms with Gasteiger partial charge >= 0.3 is 5.97 Å². The summed E-state index contributed by atoms with van der Waals surface area (Å²) in [6.07, 6.45) is 2.38. The van der Waals surface area contributed by atoms with Crippen LogP contribution in [0.3, 0.4) is 0 Å². The zero-order valence-corrected chi connectivity index (χ0v) is 32.2. The highest BCUT2D eigenvalue weighted by Crippen LogP contribution is 2.54. The molecule has 12 bridgehead atoms. The number of hydrogen-bond donors (Lipinski definition) is 2. The third-order valence-corrected chi connectivity index (χ3v) is 14.8. The zero-order chi connectivity index (χ0) is 37.7. The first-order valence-corrected chi connectivity index (χ1v) is 21.3. The molecule has 1 spiro atoms. The zero-order valence-electron chi connectivity index (χ0n) is 32.2. The molecule has 13 nitrogen and oxygen atoms in total. The van der Waals surface area contributed by atoms with Crippen molar-refractivity contribution in [2.75, 3.05) is 6.61 Å². The summed E-state index contributed by atoms with van der Waals surface area (Å²) in [5, 5.41) is 20.6. The van der Waals surface area contributed by atoms with Gasteiger partial charge in [0.25, 0.3) is 0 Å². The monoisotopic (exact) mass is 772 g/mol. The maximum absolute atomic E-state index is 14.0. The van der Waals surface area contributed by atoms with E-state index in [0.717, 1.165) is 49.7 Å². The summed E-state index contributed by atoms with van der Waals surface area (Å²) in [5.41, 5.74) is 2.14. The molecule has 11 fully saturated rings. The second-order valence-electron chi connectivity index (χ2n) is 18.5. The molecule has 0 saturated carbocycles. The maximum atomic E-state index is 14.0. The van der Waals surface area contributed by atoms with Gasteiger partial charge in [-0.05, 0) is 68.4 Å². The van der Waals surface area contributed by atoms with E-state index in [4.69, 9.17) is 47.4 Å². The van der Waals surface area contributed by atoms with Crippen LogP contribution in [0.2, 0.25) is 0 Å². The van der Waals surface area contributed by atoms with E-state index in [1.807, 2.05) is 6.92 Å². The number of rotatable bonds is 2. The topological polar surface area (TPSA) is 150 Å². The molecule has 2 N–H and O–H groups in total. The Morgan fingerprint density at radius 2 is 1.42 bits per heavy atom. The number of aliphatic hydroxyl groups excluding tert-OH is 2. The van der Waals surface area contributed by atoms with Gasteiger partial charge in [-0.1, -0.05) is 27.0 Å². The Labute approximate surface area is 323 Å². The molecule has 0 amide bonds. The molecule has 11 saturated heterocycles. The fourth-order valence-electron chi connectivity index (χ4n) is 11.9. The highest BCUT2D eigenvalue weighted by atomic mass is 16.8. The van der Waals surface area contributed by atoms with Crippen LogP contribution in [-0.4, -0.2) is 138 Å². The van der Waals surface area contributed by atoms with Crippen molar-refractivity contribution in [3.8, 4) is 0 Å². The molecule has 13 heteroatoms. The van der Waals surface area contributed by atoms with E-state index < -0.39 is 48.5 Å². The number of aliphatic hydroxyl groups is 2. The van der Waals surface area contributed by atoms with Crippen molar-refractivity contribution in [1.82, 2.24) is 0 Å². The fourth-order valence-corrected chi connectivity index (χ4v) is 11.9. The van der Waals surface area contributed by atoms with Crippen LogP contribution < -0.4 is 0 Å². The molecule has 21 atom stereocenters. The van der Waals surface area contributed by atoms with Crippen LogP contribution in [0.15, 0.2) is 24.3 Å². The molecule has 11 aliphatic heterocycles. The van der Waals surface area contributed by atoms with Crippen molar-refractivity contribution in [1.29, 1.82) is 0 Å². The SMILES string of the molecule is C=C1C(C)CC2CC[C@@H]3OC(CC[C@@]45C[C@H]6OC7C(O4)[C@H]4OC(CCC4O[C@H]7C6O5)CC(=O)OC4[C@@H](C)C5OC(CCO)C(O)CC5O[C@H]4CC1O2)CC3=C. The van der Waals surface area contributed by atoms with Crippen molar-refractivity contribution in [2.24, 2.45) is 11.8 Å². The molecule has 0 aromatic carbocycles. The first kappa shape index (κ1) is 37.8. The van der Waals surface area contributed by atoms with E-state index in [1.54, 1.807) is 0 Å². The summed E-state index contributed by atoms with van der Waals surface area (Å²) >= 11 is 0. The van der Waals surface area contributed by atoms with Crippen LogP contribution in [0.5, 0.6) is 0 Å². The lowest BCUT2D eigenvalue weighted by atomic mass is 9.79. The Kier molecular flexibility index (Phi) is 10.1. The lowest BCUT2D eigenvalue weighted by Crippen LogP contribution is -2.62. The van der Waals surface area contributed by atoms with Gasteiger partial charge in [-0.3, -0.25) is 4.79 Å².